The van der Waals surface area contributed by atoms with Gasteiger partial charge >= 0.3 is 5.97 Å². The summed E-state index contributed by atoms with van der Waals surface area (Å²) in [7, 11) is 0. The number of para-hydroxylation sites is 1. The predicted molar refractivity (Wildman–Crippen MR) is 121 cm³/mol. The van der Waals surface area contributed by atoms with Crippen molar-refractivity contribution < 1.29 is 19.5 Å². The summed E-state index contributed by atoms with van der Waals surface area (Å²) < 4.78 is 0. The SMILES string of the molecule is Cc1nc(C(=O)NC(CC(C)C)C(=O)N2CCCC2C(=O)O)cc2c1[nH]c1ccccc12. The van der Waals surface area contributed by atoms with Gasteiger partial charge in [0.15, 0.2) is 0 Å². The van der Waals surface area contributed by atoms with E-state index in [1.165, 1.54) is 4.90 Å². The van der Waals surface area contributed by atoms with Gasteiger partial charge in [-0.25, -0.2) is 9.78 Å². The van der Waals surface area contributed by atoms with Crippen LogP contribution in [0.2, 0.25) is 0 Å². The van der Waals surface area contributed by atoms with Crippen molar-refractivity contribution in [3.05, 3.63) is 41.7 Å². The molecule has 168 valence electrons. The van der Waals surface area contributed by atoms with E-state index < -0.39 is 24.0 Å². The van der Waals surface area contributed by atoms with E-state index in [4.69, 9.17) is 0 Å². The van der Waals surface area contributed by atoms with Crippen LogP contribution >= 0.6 is 0 Å². The molecule has 3 N–H and O–H groups in total. The number of H-pyrrole nitrogens is 1. The summed E-state index contributed by atoms with van der Waals surface area (Å²) >= 11 is 0. The summed E-state index contributed by atoms with van der Waals surface area (Å²) in [6, 6.07) is 7.94. The van der Waals surface area contributed by atoms with Crippen molar-refractivity contribution >= 4 is 39.6 Å². The molecule has 0 saturated carbocycles. The fourth-order valence-electron chi connectivity index (χ4n) is 4.53. The molecule has 2 unspecified atom stereocenters. The first-order valence-electron chi connectivity index (χ1n) is 11.0. The van der Waals surface area contributed by atoms with Gasteiger partial charge in [-0.15, -0.1) is 0 Å². The molecule has 1 saturated heterocycles. The first kappa shape index (κ1) is 21.8. The molecule has 0 aliphatic carbocycles. The average Bonchev–Trinajstić information content (AvgIpc) is 3.38. The highest BCUT2D eigenvalue weighted by Crippen LogP contribution is 2.27. The molecule has 3 heterocycles. The molecule has 2 atom stereocenters. The van der Waals surface area contributed by atoms with E-state index in [0.29, 0.717) is 31.5 Å². The summed E-state index contributed by atoms with van der Waals surface area (Å²) in [6.07, 6.45) is 1.49. The number of carbonyl (C=O) groups excluding carboxylic acids is 2. The Morgan fingerprint density at radius 1 is 1.25 bits per heavy atom. The number of hydrogen-bond donors (Lipinski definition) is 3. The van der Waals surface area contributed by atoms with Gasteiger partial charge in [0, 0.05) is 22.8 Å². The Labute approximate surface area is 186 Å². The number of carbonyl (C=O) groups is 3. The number of amides is 2. The number of nitrogens with one attached hydrogen (secondary N) is 2. The summed E-state index contributed by atoms with van der Waals surface area (Å²) in [5.74, 6) is -1.65. The molecular formula is C24H28N4O4. The van der Waals surface area contributed by atoms with Crippen molar-refractivity contribution in [2.75, 3.05) is 6.54 Å². The number of pyridine rings is 1. The number of aromatic amines is 1. The van der Waals surface area contributed by atoms with Gasteiger partial charge in [0.25, 0.3) is 5.91 Å². The fourth-order valence-corrected chi connectivity index (χ4v) is 4.53. The van der Waals surface area contributed by atoms with Crippen molar-refractivity contribution in [1.82, 2.24) is 20.2 Å². The summed E-state index contributed by atoms with van der Waals surface area (Å²) in [6.45, 7) is 6.16. The quantitative estimate of drug-likeness (QED) is 0.549. The first-order valence-corrected chi connectivity index (χ1v) is 11.0. The van der Waals surface area contributed by atoms with Crippen molar-refractivity contribution in [3.63, 3.8) is 0 Å². The third kappa shape index (κ3) is 4.04. The predicted octanol–water partition coefficient (Wildman–Crippen LogP) is 3.24. The second-order valence-corrected chi connectivity index (χ2v) is 8.87. The molecule has 2 aromatic heterocycles. The first-order chi connectivity index (χ1) is 15.3. The number of aromatic nitrogens is 2. The maximum Gasteiger partial charge on any atom is 0.326 e. The zero-order chi connectivity index (χ0) is 23.0. The lowest BCUT2D eigenvalue weighted by Crippen LogP contribution is -2.52. The Hall–Kier alpha value is -3.42. The number of rotatable bonds is 6. The third-order valence-electron chi connectivity index (χ3n) is 6.04. The molecular weight excluding hydrogens is 408 g/mol. The van der Waals surface area contributed by atoms with Crippen LogP contribution in [0.25, 0.3) is 21.8 Å². The second kappa shape index (κ2) is 8.61. The molecule has 8 heteroatoms. The lowest BCUT2D eigenvalue weighted by molar-refractivity contribution is -0.149. The van der Waals surface area contributed by atoms with Crippen LogP contribution in [-0.4, -0.2) is 56.4 Å². The number of likely N-dealkylation sites (tertiary alicyclic amines) is 1. The van der Waals surface area contributed by atoms with Gasteiger partial charge in [-0.2, -0.15) is 0 Å². The molecule has 0 spiro atoms. The molecule has 2 amide bonds. The van der Waals surface area contributed by atoms with Crippen LogP contribution in [0, 0.1) is 12.8 Å². The normalized spacial score (nSPS) is 17.2. The topological polar surface area (TPSA) is 115 Å². The maximum atomic E-state index is 13.2. The minimum Gasteiger partial charge on any atom is -0.480 e. The zero-order valence-electron chi connectivity index (χ0n) is 18.5. The van der Waals surface area contributed by atoms with E-state index in [1.807, 2.05) is 45.0 Å². The molecule has 1 fully saturated rings. The number of aliphatic carboxylic acids is 1. The number of nitrogens with zero attached hydrogens (tertiary/aromatic N) is 2. The number of fused-ring (bicyclic) bond motifs is 3. The van der Waals surface area contributed by atoms with Crippen LogP contribution in [0.15, 0.2) is 30.3 Å². The summed E-state index contributed by atoms with van der Waals surface area (Å²) in [5.41, 5.74) is 2.77. The highest BCUT2D eigenvalue weighted by atomic mass is 16.4. The van der Waals surface area contributed by atoms with Gasteiger partial charge in [-0.3, -0.25) is 9.59 Å². The van der Waals surface area contributed by atoms with E-state index in [1.54, 1.807) is 6.07 Å². The van der Waals surface area contributed by atoms with Gasteiger partial charge in [0.1, 0.15) is 17.8 Å². The van der Waals surface area contributed by atoms with Crippen molar-refractivity contribution in [2.45, 2.75) is 52.1 Å². The Morgan fingerprint density at radius 2 is 2.00 bits per heavy atom. The molecule has 1 aromatic carbocycles. The largest absolute Gasteiger partial charge is 0.480 e. The van der Waals surface area contributed by atoms with Crippen molar-refractivity contribution in [3.8, 4) is 0 Å². The minimum atomic E-state index is -1.01. The average molecular weight is 437 g/mol. The number of carboxylic acid groups (broad SMARTS) is 1. The molecule has 1 aliphatic rings. The van der Waals surface area contributed by atoms with Crippen LogP contribution < -0.4 is 5.32 Å². The lowest BCUT2D eigenvalue weighted by Gasteiger charge is -2.28. The molecule has 3 aromatic rings. The van der Waals surface area contributed by atoms with E-state index in [2.05, 4.69) is 15.3 Å². The Bertz CT molecular complexity index is 1200. The fraction of sp³-hybridized carbons (Fsp3) is 0.417. The molecule has 4 rings (SSSR count). The monoisotopic (exact) mass is 436 g/mol. The maximum absolute atomic E-state index is 13.2. The Balaban J connectivity index is 1.63. The van der Waals surface area contributed by atoms with Gasteiger partial charge < -0.3 is 20.3 Å². The van der Waals surface area contributed by atoms with Crippen LogP contribution in [0.1, 0.15) is 49.3 Å². The molecule has 0 radical (unpaired) electrons. The highest BCUT2D eigenvalue weighted by Gasteiger charge is 2.38. The molecule has 32 heavy (non-hydrogen) atoms. The van der Waals surface area contributed by atoms with E-state index >= 15 is 0 Å². The van der Waals surface area contributed by atoms with Gasteiger partial charge in [0.05, 0.1) is 11.2 Å². The lowest BCUT2D eigenvalue weighted by atomic mass is 10.0. The van der Waals surface area contributed by atoms with Gasteiger partial charge in [-0.05, 0) is 44.2 Å². The second-order valence-electron chi connectivity index (χ2n) is 8.87. The van der Waals surface area contributed by atoms with Crippen LogP contribution in [-0.2, 0) is 9.59 Å². The molecule has 8 nitrogen and oxygen atoms in total. The van der Waals surface area contributed by atoms with Crippen LogP contribution in [0.3, 0.4) is 0 Å². The smallest absolute Gasteiger partial charge is 0.326 e. The van der Waals surface area contributed by atoms with E-state index in [9.17, 15) is 19.5 Å². The van der Waals surface area contributed by atoms with Crippen molar-refractivity contribution in [2.24, 2.45) is 5.92 Å². The van der Waals surface area contributed by atoms with E-state index in [-0.39, 0.29) is 17.5 Å². The highest BCUT2D eigenvalue weighted by molar-refractivity contribution is 6.10. The van der Waals surface area contributed by atoms with Crippen LogP contribution in [0.5, 0.6) is 0 Å². The van der Waals surface area contributed by atoms with Gasteiger partial charge in [-0.1, -0.05) is 32.0 Å². The van der Waals surface area contributed by atoms with Crippen molar-refractivity contribution in [1.29, 1.82) is 0 Å². The summed E-state index contributed by atoms with van der Waals surface area (Å²) in [5, 5.41) is 14.2. The van der Waals surface area contributed by atoms with E-state index in [0.717, 1.165) is 21.8 Å². The third-order valence-corrected chi connectivity index (χ3v) is 6.04. The Morgan fingerprint density at radius 3 is 2.72 bits per heavy atom. The zero-order valence-corrected chi connectivity index (χ0v) is 18.5. The number of benzene rings is 1. The van der Waals surface area contributed by atoms with Crippen LogP contribution in [0.4, 0.5) is 0 Å². The number of carboxylic acids is 1. The van der Waals surface area contributed by atoms with Gasteiger partial charge in [0.2, 0.25) is 5.91 Å². The number of aryl methyl sites for hydroxylation is 1. The summed E-state index contributed by atoms with van der Waals surface area (Å²) in [4.78, 5) is 47.1. The number of hydrogen-bond acceptors (Lipinski definition) is 4. The standard InChI is InChI=1S/C24H28N4O4/c1-13(2)11-19(23(30)28-10-6-9-20(28)24(31)32)27-22(29)18-12-16-15-7-4-5-8-17(15)26-21(16)14(3)25-18/h4-5,7-8,12-13,19-20,26H,6,9-11H2,1-3H3,(H,27,29)(H,31,32). The minimum absolute atomic E-state index is 0.140. The molecule has 0 bridgehead atoms. The Kier molecular flexibility index (Phi) is 5.86. The molecule has 1 aliphatic heterocycles.